The molecule has 2 aromatic rings. The van der Waals surface area contributed by atoms with E-state index >= 15 is 0 Å². The molecule has 5 heterocycles. The maximum atomic E-state index is 13.1. The summed E-state index contributed by atoms with van der Waals surface area (Å²) in [5, 5.41) is 8.61. The van der Waals surface area contributed by atoms with Crippen molar-refractivity contribution in [2.24, 2.45) is 5.41 Å². The predicted octanol–water partition coefficient (Wildman–Crippen LogP) is 1.51. The van der Waals surface area contributed by atoms with E-state index < -0.39 is 0 Å². The van der Waals surface area contributed by atoms with Crippen LogP contribution < -0.4 is 0 Å². The third-order valence-corrected chi connectivity index (χ3v) is 7.46. The maximum absolute atomic E-state index is 13.1. The zero-order valence-corrected chi connectivity index (χ0v) is 20.4. The van der Waals surface area contributed by atoms with Crippen molar-refractivity contribution >= 4 is 11.8 Å². The fourth-order valence-corrected chi connectivity index (χ4v) is 5.39. The average Bonchev–Trinajstić information content (AvgIpc) is 3.51. The molecule has 2 aromatic heterocycles. The van der Waals surface area contributed by atoms with Crippen LogP contribution in [0.15, 0.2) is 23.1 Å². The lowest BCUT2D eigenvalue weighted by Crippen LogP contribution is -2.47. The Morgan fingerprint density at radius 2 is 1.77 bits per heavy atom. The third-order valence-electron chi connectivity index (χ3n) is 7.46. The van der Waals surface area contributed by atoms with Gasteiger partial charge < -0.3 is 19.0 Å². The van der Waals surface area contributed by atoms with Gasteiger partial charge in [0.1, 0.15) is 6.33 Å². The highest BCUT2D eigenvalue weighted by Gasteiger charge is 2.49. The van der Waals surface area contributed by atoms with E-state index in [0.717, 1.165) is 25.8 Å². The third kappa shape index (κ3) is 5.06. The van der Waals surface area contributed by atoms with Crippen LogP contribution in [0.2, 0.25) is 0 Å². The summed E-state index contributed by atoms with van der Waals surface area (Å²) in [6.07, 6.45) is 7.10. The highest BCUT2D eigenvalue weighted by atomic mass is 16.5. The second kappa shape index (κ2) is 9.98. The monoisotopic (exact) mass is 483 g/mol. The van der Waals surface area contributed by atoms with E-state index in [1.807, 2.05) is 23.6 Å². The Labute approximate surface area is 204 Å². The van der Waals surface area contributed by atoms with Crippen molar-refractivity contribution in [2.45, 2.75) is 45.1 Å². The number of hydrogen-bond acceptors (Lipinski definition) is 9. The zero-order valence-electron chi connectivity index (χ0n) is 20.4. The lowest BCUT2D eigenvalue weighted by atomic mass is 9.76. The summed E-state index contributed by atoms with van der Waals surface area (Å²) in [6.45, 7) is 8.86. The lowest BCUT2D eigenvalue weighted by molar-refractivity contribution is -0.136. The van der Waals surface area contributed by atoms with E-state index in [0.29, 0.717) is 63.3 Å². The quantitative estimate of drug-likeness (QED) is 0.623. The van der Waals surface area contributed by atoms with Crippen molar-refractivity contribution in [3.05, 3.63) is 36.1 Å². The van der Waals surface area contributed by atoms with Crippen molar-refractivity contribution in [2.75, 3.05) is 52.5 Å². The molecular weight excluding hydrogens is 450 g/mol. The van der Waals surface area contributed by atoms with Gasteiger partial charge in [-0.1, -0.05) is 13.8 Å². The van der Waals surface area contributed by atoms with Gasteiger partial charge in [-0.25, -0.2) is 9.97 Å². The van der Waals surface area contributed by atoms with Crippen LogP contribution in [-0.4, -0.2) is 99.2 Å². The summed E-state index contributed by atoms with van der Waals surface area (Å²) in [7, 11) is 0. The number of carbonyl (C=O) groups excluding carboxylic acids is 2. The van der Waals surface area contributed by atoms with Crippen LogP contribution in [0.25, 0.3) is 0 Å². The molecule has 3 fully saturated rings. The zero-order chi connectivity index (χ0) is 24.4. The van der Waals surface area contributed by atoms with Gasteiger partial charge in [0.25, 0.3) is 5.91 Å². The summed E-state index contributed by atoms with van der Waals surface area (Å²) < 4.78 is 11.5. The van der Waals surface area contributed by atoms with Gasteiger partial charge in [-0.15, -0.1) is 10.2 Å². The fraction of sp³-hybridized carbons (Fsp3) is 0.667. The van der Waals surface area contributed by atoms with Gasteiger partial charge in [0.2, 0.25) is 17.7 Å². The van der Waals surface area contributed by atoms with Crippen LogP contribution in [0.4, 0.5) is 0 Å². The van der Waals surface area contributed by atoms with Crippen LogP contribution in [0.3, 0.4) is 0 Å². The molecule has 0 N–H and O–H groups in total. The molecule has 3 aliphatic rings. The van der Waals surface area contributed by atoms with Gasteiger partial charge in [0.15, 0.2) is 0 Å². The molecule has 5 rings (SSSR count). The number of piperidine rings is 1. The van der Waals surface area contributed by atoms with Crippen LogP contribution in [-0.2, 0) is 9.53 Å². The van der Waals surface area contributed by atoms with Gasteiger partial charge in [-0.2, -0.15) is 0 Å². The fourth-order valence-electron chi connectivity index (χ4n) is 5.39. The summed E-state index contributed by atoms with van der Waals surface area (Å²) in [6, 6.07) is -0.107. The molecule has 35 heavy (non-hydrogen) atoms. The van der Waals surface area contributed by atoms with Crippen LogP contribution in [0.1, 0.15) is 67.2 Å². The minimum Gasteiger partial charge on any atom is -0.423 e. The van der Waals surface area contributed by atoms with Crippen molar-refractivity contribution < 1.29 is 18.7 Å². The smallest absolute Gasteiger partial charge is 0.256 e. The van der Waals surface area contributed by atoms with Gasteiger partial charge in [-0.05, 0) is 24.7 Å². The van der Waals surface area contributed by atoms with E-state index in [-0.39, 0.29) is 29.2 Å². The Morgan fingerprint density at radius 1 is 1.06 bits per heavy atom. The highest BCUT2D eigenvalue weighted by Crippen LogP contribution is 2.49. The molecule has 11 heteroatoms. The predicted molar refractivity (Wildman–Crippen MR) is 124 cm³/mol. The number of nitrogens with zero attached hydrogens (tertiary/aromatic N) is 7. The molecule has 2 amide bonds. The molecule has 11 nitrogen and oxygen atoms in total. The Kier molecular flexibility index (Phi) is 6.79. The first-order valence-electron chi connectivity index (χ1n) is 12.4. The normalized spacial score (nSPS) is 22.8. The number of hydrogen-bond donors (Lipinski definition) is 0. The molecule has 3 aliphatic heterocycles. The van der Waals surface area contributed by atoms with Gasteiger partial charge in [-0.3, -0.25) is 14.5 Å². The molecule has 1 atom stereocenters. The van der Waals surface area contributed by atoms with E-state index in [9.17, 15) is 9.59 Å². The minimum absolute atomic E-state index is 0.00755. The molecular formula is C24H33N7O4. The minimum atomic E-state index is -0.107. The van der Waals surface area contributed by atoms with Crippen LogP contribution >= 0.6 is 0 Å². The summed E-state index contributed by atoms with van der Waals surface area (Å²) >= 11 is 0. The van der Waals surface area contributed by atoms with E-state index in [1.165, 1.54) is 6.33 Å². The van der Waals surface area contributed by atoms with Gasteiger partial charge in [0, 0.05) is 51.0 Å². The Hall–Kier alpha value is -2.92. The number of aromatic nitrogens is 4. The second-order valence-corrected chi connectivity index (χ2v) is 10.2. The van der Waals surface area contributed by atoms with Crippen molar-refractivity contribution in [3.63, 3.8) is 0 Å². The van der Waals surface area contributed by atoms with E-state index in [1.54, 1.807) is 12.4 Å². The lowest BCUT2D eigenvalue weighted by Gasteiger charge is -2.39. The molecule has 1 spiro atoms. The standard InChI is InChI=1S/C24H33N7O4/c1-17(2)21-27-28-22(35-21)19-11-24(15-31(19)14-20(32)29-7-9-34-10-8-29)3-5-30(6-4-24)23(33)18-12-25-16-26-13-18/h12-13,16-17,19H,3-11,14-15H2,1-2H3. The second-order valence-electron chi connectivity index (χ2n) is 10.2. The molecule has 0 aromatic carbocycles. The van der Waals surface area contributed by atoms with E-state index in [2.05, 4.69) is 25.1 Å². The number of carbonyl (C=O) groups is 2. The van der Waals surface area contributed by atoms with Crippen molar-refractivity contribution in [3.8, 4) is 0 Å². The molecule has 0 saturated carbocycles. The first-order valence-corrected chi connectivity index (χ1v) is 12.4. The SMILES string of the molecule is CC(C)c1nnc(C2CC3(CCN(C(=O)c4cncnc4)CC3)CN2CC(=O)N2CCOCC2)o1. The van der Waals surface area contributed by atoms with Gasteiger partial charge >= 0.3 is 0 Å². The Bertz CT molecular complexity index is 1030. The number of morpholine rings is 1. The van der Waals surface area contributed by atoms with Crippen molar-refractivity contribution in [1.82, 2.24) is 34.9 Å². The van der Waals surface area contributed by atoms with E-state index in [4.69, 9.17) is 9.15 Å². The average molecular weight is 484 g/mol. The summed E-state index contributed by atoms with van der Waals surface area (Å²) in [4.78, 5) is 39.9. The first kappa shape index (κ1) is 23.8. The molecule has 0 bridgehead atoms. The number of rotatable bonds is 5. The molecule has 3 saturated heterocycles. The Morgan fingerprint density at radius 3 is 2.43 bits per heavy atom. The number of ether oxygens (including phenoxy) is 1. The molecule has 188 valence electrons. The maximum Gasteiger partial charge on any atom is 0.256 e. The van der Waals surface area contributed by atoms with Crippen LogP contribution in [0, 0.1) is 5.41 Å². The molecule has 0 aliphatic carbocycles. The molecule has 1 unspecified atom stereocenters. The number of likely N-dealkylation sites (tertiary alicyclic amines) is 2. The van der Waals surface area contributed by atoms with Crippen LogP contribution in [0.5, 0.6) is 0 Å². The number of amides is 2. The van der Waals surface area contributed by atoms with Crippen molar-refractivity contribution in [1.29, 1.82) is 0 Å². The first-order chi connectivity index (χ1) is 16.9. The topological polar surface area (TPSA) is 118 Å². The Balaban J connectivity index is 1.30. The largest absolute Gasteiger partial charge is 0.423 e. The highest BCUT2D eigenvalue weighted by molar-refractivity contribution is 5.93. The molecule has 0 radical (unpaired) electrons. The summed E-state index contributed by atoms with van der Waals surface area (Å²) in [5.74, 6) is 1.42. The summed E-state index contributed by atoms with van der Waals surface area (Å²) in [5.41, 5.74) is 0.504. The van der Waals surface area contributed by atoms with Gasteiger partial charge in [0.05, 0.1) is 31.4 Å².